The van der Waals surface area contributed by atoms with E-state index in [0.717, 1.165) is 0 Å². The molecular weight excluding hydrogens is 244 g/mol. The van der Waals surface area contributed by atoms with Gasteiger partial charge in [-0.05, 0) is 27.7 Å². The number of hydrogen-bond donors (Lipinski definition) is 2. The van der Waals surface area contributed by atoms with Gasteiger partial charge in [0.05, 0.1) is 0 Å². The molecule has 9 heavy (non-hydrogen) atoms. The van der Waals surface area contributed by atoms with Crippen molar-refractivity contribution in [1.29, 1.82) is 0 Å². The first-order valence-corrected chi connectivity index (χ1v) is 2.83. The summed E-state index contributed by atoms with van der Waals surface area (Å²) in [7, 11) is 0. The van der Waals surface area contributed by atoms with Gasteiger partial charge in [-0.2, -0.15) is 0 Å². The SMILES string of the molecule is CC(C)O.CC(C)O.[Ce]. The van der Waals surface area contributed by atoms with Gasteiger partial charge in [-0.1, -0.05) is 0 Å². The standard InChI is InChI=1S/2C3H8O.Ce/c2*1-3(2)4;/h2*3-4H,1-2H3;. The minimum atomic E-state index is -0.167. The summed E-state index contributed by atoms with van der Waals surface area (Å²) < 4.78 is 0. The Balaban J connectivity index is -0.0000000720. The van der Waals surface area contributed by atoms with Gasteiger partial charge in [0.25, 0.3) is 0 Å². The molecular formula is C6H16CeO2. The molecule has 0 rings (SSSR count). The van der Waals surface area contributed by atoms with E-state index in [0.29, 0.717) is 0 Å². The zero-order chi connectivity index (χ0) is 7.15. The summed E-state index contributed by atoms with van der Waals surface area (Å²) in [4.78, 5) is 0. The fourth-order valence-electron chi connectivity index (χ4n) is 0. The Hall–Kier alpha value is 1.30. The van der Waals surface area contributed by atoms with E-state index in [1.54, 1.807) is 27.7 Å². The summed E-state index contributed by atoms with van der Waals surface area (Å²) in [6.07, 6.45) is -0.333. The molecule has 3 heteroatoms. The third-order valence-electron chi connectivity index (χ3n) is 0. The Morgan fingerprint density at radius 3 is 0.778 bits per heavy atom. The number of hydrogen-bond acceptors (Lipinski definition) is 2. The zero-order valence-corrected chi connectivity index (χ0v) is 9.69. The van der Waals surface area contributed by atoms with Gasteiger partial charge in [-0.25, -0.2) is 0 Å². The van der Waals surface area contributed by atoms with Crippen molar-refractivity contribution in [2.24, 2.45) is 0 Å². The van der Waals surface area contributed by atoms with Crippen molar-refractivity contribution in [2.45, 2.75) is 39.9 Å². The normalized spacial score (nSPS) is 8.00. The second kappa shape index (κ2) is 12.0. The van der Waals surface area contributed by atoms with Crippen LogP contribution in [0.1, 0.15) is 27.7 Å². The van der Waals surface area contributed by atoms with Crippen molar-refractivity contribution < 1.29 is 52.0 Å². The first-order chi connectivity index (χ1) is 3.46. The molecule has 0 aliphatic carbocycles. The van der Waals surface area contributed by atoms with Crippen LogP contribution < -0.4 is 0 Å². The average molecular weight is 260 g/mol. The fourth-order valence-corrected chi connectivity index (χ4v) is 0. The molecule has 0 saturated heterocycles. The van der Waals surface area contributed by atoms with Crippen molar-refractivity contribution in [2.75, 3.05) is 0 Å². The van der Waals surface area contributed by atoms with Crippen molar-refractivity contribution >= 4 is 0 Å². The van der Waals surface area contributed by atoms with E-state index < -0.39 is 0 Å². The maximum atomic E-state index is 8.06. The largest absolute Gasteiger partial charge is 0.394 e. The minimum Gasteiger partial charge on any atom is -0.394 e. The van der Waals surface area contributed by atoms with E-state index in [9.17, 15) is 0 Å². The first kappa shape index (κ1) is 16.7. The molecule has 0 saturated carbocycles. The molecule has 0 unspecified atom stereocenters. The summed E-state index contributed by atoms with van der Waals surface area (Å²) >= 11 is 0. The third kappa shape index (κ3) is 294. The Bertz CT molecular complexity index is 26.5. The molecule has 0 heterocycles. The molecule has 2 nitrogen and oxygen atoms in total. The predicted octanol–water partition coefficient (Wildman–Crippen LogP) is 0.774. The number of aliphatic hydroxyl groups excluding tert-OH is 2. The van der Waals surface area contributed by atoms with Crippen LogP contribution in [0.25, 0.3) is 0 Å². The van der Waals surface area contributed by atoms with E-state index in [4.69, 9.17) is 10.2 Å². The van der Waals surface area contributed by atoms with Crippen molar-refractivity contribution in [3.8, 4) is 0 Å². The molecule has 0 spiro atoms. The van der Waals surface area contributed by atoms with E-state index >= 15 is 0 Å². The van der Waals surface area contributed by atoms with Crippen LogP contribution in [0.4, 0.5) is 0 Å². The Kier molecular flexibility index (Phi) is 22.3. The van der Waals surface area contributed by atoms with Crippen molar-refractivity contribution in [3.63, 3.8) is 0 Å². The van der Waals surface area contributed by atoms with Gasteiger partial charge in [-0.15, -0.1) is 0 Å². The summed E-state index contributed by atoms with van der Waals surface area (Å²) in [5.41, 5.74) is 0. The third-order valence-corrected chi connectivity index (χ3v) is 0. The van der Waals surface area contributed by atoms with E-state index in [1.807, 2.05) is 0 Å². The molecule has 0 bridgehead atoms. The minimum absolute atomic E-state index is 0. The molecule has 0 fully saturated rings. The quantitative estimate of drug-likeness (QED) is 0.675. The van der Waals surface area contributed by atoms with E-state index in [1.165, 1.54) is 0 Å². The molecule has 56 valence electrons. The van der Waals surface area contributed by atoms with Gasteiger partial charge in [0.15, 0.2) is 0 Å². The molecule has 0 aromatic rings. The van der Waals surface area contributed by atoms with Gasteiger partial charge >= 0.3 is 0 Å². The van der Waals surface area contributed by atoms with Crippen LogP contribution in [-0.2, 0) is 0 Å². The molecule has 0 aromatic carbocycles. The first-order valence-electron chi connectivity index (χ1n) is 2.83. The Morgan fingerprint density at radius 1 is 0.778 bits per heavy atom. The van der Waals surface area contributed by atoms with Gasteiger partial charge in [0, 0.05) is 54.0 Å². The van der Waals surface area contributed by atoms with Crippen LogP contribution in [0.15, 0.2) is 0 Å². The monoisotopic (exact) mass is 260 g/mol. The topological polar surface area (TPSA) is 40.5 Å². The second-order valence-electron chi connectivity index (χ2n) is 2.19. The predicted molar refractivity (Wildman–Crippen MR) is 34.7 cm³/mol. The maximum absolute atomic E-state index is 8.06. The van der Waals surface area contributed by atoms with Crippen LogP contribution in [0.3, 0.4) is 0 Å². The van der Waals surface area contributed by atoms with Crippen molar-refractivity contribution in [3.05, 3.63) is 0 Å². The summed E-state index contributed by atoms with van der Waals surface area (Å²) in [5.74, 6) is 0. The molecule has 0 aliphatic heterocycles. The molecule has 2 N–H and O–H groups in total. The van der Waals surface area contributed by atoms with Gasteiger partial charge < -0.3 is 10.2 Å². The van der Waals surface area contributed by atoms with Crippen molar-refractivity contribution in [1.82, 2.24) is 0 Å². The van der Waals surface area contributed by atoms with Gasteiger partial charge in [-0.3, -0.25) is 0 Å². The fraction of sp³-hybridized carbons (Fsp3) is 1.00. The van der Waals surface area contributed by atoms with E-state index in [2.05, 4.69) is 0 Å². The number of rotatable bonds is 0. The molecule has 0 amide bonds. The van der Waals surface area contributed by atoms with Gasteiger partial charge in [0.2, 0.25) is 0 Å². The zero-order valence-electron chi connectivity index (χ0n) is 6.55. The van der Waals surface area contributed by atoms with E-state index in [-0.39, 0.29) is 54.0 Å². The smallest absolute Gasteiger partial charge is 0.0483 e. The number of aliphatic hydroxyl groups is 2. The van der Waals surface area contributed by atoms with Crippen LogP contribution >= 0.6 is 0 Å². The molecule has 0 aromatic heterocycles. The summed E-state index contributed by atoms with van der Waals surface area (Å²) in [6.45, 7) is 6.89. The Morgan fingerprint density at radius 2 is 0.778 bits per heavy atom. The Labute approximate surface area is 91.0 Å². The summed E-state index contributed by atoms with van der Waals surface area (Å²) in [5, 5.41) is 16.1. The second-order valence-corrected chi connectivity index (χ2v) is 2.19. The molecule has 0 aliphatic rings. The summed E-state index contributed by atoms with van der Waals surface area (Å²) in [6, 6.07) is 0. The average Bonchev–Trinajstić information content (AvgIpc) is 1.25. The van der Waals surface area contributed by atoms with Gasteiger partial charge in [0.1, 0.15) is 0 Å². The van der Waals surface area contributed by atoms with Crippen LogP contribution in [0.5, 0.6) is 0 Å². The maximum Gasteiger partial charge on any atom is 0.0483 e. The van der Waals surface area contributed by atoms with Crippen LogP contribution in [0, 0.1) is 41.7 Å². The molecule has 0 atom stereocenters. The van der Waals surface area contributed by atoms with Crippen LogP contribution in [-0.4, -0.2) is 22.4 Å². The molecule has 0 radical (unpaired) electrons. The van der Waals surface area contributed by atoms with Crippen LogP contribution in [0.2, 0.25) is 0 Å².